The normalized spacial score (nSPS) is 10.3. The average molecular weight is 195 g/mol. The molecule has 2 heterocycles. The highest BCUT2D eigenvalue weighted by atomic mass is 35.5. The maximum Gasteiger partial charge on any atom is 0.156 e. The predicted molar refractivity (Wildman–Crippen MR) is 48.9 cm³/mol. The summed E-state index contributed by atoms with van der Waals surface area (Å²) in [7, 11) is 0. The minimum atomic E-state index is 0.389. The van der Waals surface area contributed by atoms with E-state index in [2.05, 4.69) is 15.0 Å². The summed E-state index contributed by atoms with van der Waals surface area (Å²) in [5.74, 6) is 0.713. The Balaban J connectivity index is 2.41. The number of halogens is 1. The van der Waals surface area contributed by atoms with E-state index in [4.69, 9.17) is 11.6 Å². The van der Waals surface area contributed by atoms with Crippen molar-refractivity contribution in [1.82, 2.24) is 19.5 Å². The van der Waals surface area contributed by atoms with Crippen LogP contribution in [-0.4, -0.2) is 19.5 Å². The molecule has 4 nitrogen and oxygen atoms in total. The molecule has 13 heavy (non-hydrogen) atoms. The maximum absolute atomic E-state index is 5.61. The van der Waals surface area contributed by atoms with Gasteiger partial charge in [0.2, 0.25) is 0 Å². The first-order chi connectivity index (χ1) is 6.25. The van der Waals surface area contributed by atoms with Crippen LogP contribution >= 0.6 is 11.6 Å². The summed E-state index contributed by atoms with van der Waals surface area (Å²) in [5.41, 5.74) is 0.941. The molecule has 0 atom stereocenters. The van der Waals surface area contributed by atoms with Gasteiger partial charge in [0.15, 0.2) is 5.82 Å². The van der Waals surface area contributed by atoms with E-state index < -0.39 is 0 Å². The molecule has 2 aromatic heterocycles. The van der Waals surface area contributed by atoms with Gasteiger partial charge in [-0.05, 0) is 6.92 Å². The van der Waals surface area contributed by atoms with Crippen molar-refractivity contribution in [3.05, 3.63) is 35.8 Å². The number of nitrogens with zero attached hydrogens (tertiary/aromatic N) is 4. The molecule has 0 unspecified atom stereocenters. The molecule has 0 aliphatic rings. The monoisotopic (exact) mass is 194 g/mol. The molecule has 0 aromatic carbocycles. The van der Waals surface area contributed by atoms with Crippen molar-refractivity contribution < 1.29 is 0 Å². The summed E-state index contributed by atoms with van der Waals surface area (Å²) in [4.78, 5) is 12.1. The van der Waals surface area contributed by atoms with Gasteiger partial charge in [0, 0.05) is 6.20 Å². The van der Waals surface area contributed by atoms with Crippen LogP contribution in [0.25, 0.3) is 5.82 Å². The highest BCUT2D eigenvalue weighted by Crippen LogP contribution is 2.06. The Bertz CT molecular complexity index is 406. The van der Waals surface area contributed by atoms with Crippen molar-refractivity contribution in [2.45, 2.75) is 6.92 Å². The van der Waals surface area contributed by atoms with Crippen LogP contribution in [0.2, 0.25) is 5.15 Å². The fourth-order valence-electron chi connectivity index (χ4n) is 0.985. The van der Waals surface area contributed by atoms with E-state index in [1.807, 2.05) is 13.1 Å². The van der Waals surface area contributed by atoms with E-state index in [-0.39, 0.29) is 0 Å². The van der Waals surface area contributed by atoms with Crippen molar-refractivity contribution in [1.29, 1.82) is 0 Å². The first-order valence-electron chi connectivity index (χ1n) is 3.74. The molecule has 0 aliphatic heterocycles. The molecule has 66 valence electrons. The number of imidazole rings is 1. The van der Waals surface area contributed by atoms with E-state index in [1.54, 1.807) is 17.1 Å². The lowest BCUT2D eigenvalue weighted by atomic mass is 10.5. The fourth-order valence-corrected chi connectivity index (χ4v) is 1.08. The number of rotatable bonds is 1. The van der Waals surface area contributed by atoms with E-state index in [0.717, 1.165) is 5.69 Å². The van der Waals surface area contributed by atoms with E-state index in [1.165, 1.54) is 6.20 Å². The van der Waals surface area contributed by atoms with Gasteiger partial charge in [-0.2, -0.15) is 0 Å². The Kier molecular flexibility index (Phi) is 1.98. The number of aromatic nitrogens is 4. The summed E-state index contributed by atoms with van der Waals surface area (Å²) in [6.07, 6.45) is 6.67. The summed E-state index contributed by atoms with van der Waals surface area (Å²) in [6.45, 7) is 1.92. The molecule has 2 rings (SSSR count). The van der Waals surface area contributed by atoms with Crippen LogP contribution in [0.4, 0.5) is 0 Å². The molecular formula is C8H7ClN4. The van der Waals surface area contributed by atoms with Crippen LogP contribution in [0, 0.1) is 6.92 Å². The second-order valence-corrected chi connectivity index (χ2v) is 3.01. The largest absolute Gasteiger partial charge is 0.289 e. The summed E-state index contributed by atoms with van der Waals surface area (Å²) in [6, 6.07) is 0. The fraction of sp³-hybridized carbons (Fsp3) is 0.125. The lowest BCUT2D eigenvalue weighted by Gasteiger charge is -1.98. The van der Waals surface area contributed by atoms with Crippen LogP contribution < -0.4 is 0 Å². The summed E-state index contributed by atoms with van der Waals surface area (Å²) < 4.78 is 1.79. The van der Waals surface area contributed by atoms with Gasteiger partial charge in [0.1, 0.15) is 11.5 Å². The van der Waals surface area contributed by atoms with E-state index >= 15 is 0 Å². The zero-order valence-electron chi connectivity index (χ0n) is 6.98. The minimum Gasteiger partial charge on any atom is -0.289 e. The third-order valence-corrected chi connectivity index (χ3v) is 1.78. The van der Waals surface area contributed by atoms with Gasteiger partial charge in [0.05, 0.1) is 18.1 Å². The highest BCUT2D eigenvalue weighted by Gasteiger charge is 1.98. The third-order valence-electron chi connectivity index (χ3n) is 1.58. The number of aryl methyl sites for hydroxylation is 1. The average Bonchev–Trinajstić information content (AvgIpc) is 2.53. The Morgan fingerprint density at radius 2 is 2.08 bits per heavy atom. The quantitative estimate of drug-likeness (QED) is 0.693. The van der Waals surface area contributed by atoms with Crippen molar-refractivity contribution in [3.63, 3.8) is 0 Å². The topological polar surface area (TPSA) is 43.6 Å². The van der Waals surface area contributed by atoms with Crippen LogP contribution in [0.15, 0.2) is 24.9 Å². The van der Waals surface area contributed by atoms with Crippen molar-refractivity contribution in [2.24, 2.45) is 0 Å². The molecule has 0 bridgehead atoms. The van der Waals surface area contributed by atoms with Crippen molar-refractivity contribution in [2.75, 3.05) is 0 Å². The zero-order chi connectivity index (χ0) is 9.26. The second-order valence-electron chi connectivity index (χ2n) is 2.62. The first kappa shape index (κ1) is 8.19. The molecule has 5 heteroatoms. The van der Waals surface area contributed by atoms with Gasteiger partial charge in [-0.1, -0.05) is 11.6 Å². The van der Waals surface area contributed by atoms with Crippen molar-refractivity contribution in [3.8, 4) is 5.82 Å². The highest BCUT2D eigenvalue weighted by molar-refractivity contribution is 6.29. The predicted octanol–water partition coefficient (Wildman–Crippen LogP) is 1.62. The third kappa shape index (κ3) is 1.67. The molecule has 0 radical (unpaired) electrons. The minimum absolute atomic E-state index is 0.389. The van der Waals surface area contributed by atoms with E-state index in [0.29, 0.717) is 11.0 Å². The van der Waals surface area contributed by atoms with Crippen LogP contribution in [-0.2, 0) is 0 Å². The SMILES string of the molecule is Cc1cn(-c2cnc(Cl)cn2)cn1. The Labute approximate surface area is 80.2 Å². The molecule has 0 spiro atoms. The first-order valence-corrected chi connectivity index (χ1v) is 4.12. The zero-order valence-corrected chi connectivity index (χ0v) is 7.73. The second kappa shape index (κ2) is 3.14. The van der Waals surface area contributed by atoms with Gasteiger partial charge in [-0.15, -0.1) is 0 Å². The van der Waals surface area contributed by atoms with Crippen LogP contribution in [0.1, 0.15) is 5.69 Å². The molecule has 2 aromatic rings. The lowest BCUT2D eigenvalue weighted by Crippen LogP contribution is -1.94. The van der Waals surface area contributed by atoms with Gasteiger partial charge >= 0.3 is 0 Å². The Hall–Kier alpha value is -1.42. The summed E-state index contributed by atoms with van der Waals surface area (Å²) >= 11 is 5.61. The molecule has 0 fully saturated rings. The number of hydrogen-bond donors (Lipinski definition) is 0. The molecule has 0 N–H and O–H groups in total. The Morgan fingerprint density at radius 1 is 1.23 bits per heavy atom. The maximum atomic E-state index is 5.61. The van der Waals surface area contributed by atoms with Gasteiger partial charge < -0.3 is 0 Å². The standard InChI is InChI=1S/C8H7ClN4/c1-6-4-13(5-12-6)8-3-10-7(9)2-11-8/h2-5H,1H3. The number of hydrogen-bond acceptors (Lipinski definition) is 3. The van der Waals surface area contributed by atoms with Crippen LogP contribution in [0.5, 0.6) is 0 Å². The molecular weight excluding hydrogens is 188 g/mol. The molecule has 0 amide bonds. The van der Waals surface area contributed by atoms with Crippen LogP contribution in [0.3, 0.4) is 0 Å². The molecule has 0 saturated carbocycles. The van der Waals surface area contributed by atoms with Crippen molar-refractivity contribution >= 4 is 11.6 Å². The molecule has 0 saturated heterocycles. The van der Waals surface area contributed by atoms with Gasteiger partial charge in [-0.25, -0.2) is 15.0 Å². The smallest absolute Gasteiger partial charge is 0.156 e. The van der Waals surface area contributed by atoms with E-state index in [9.17, 15) is 0 Å². The molecule has 0 aliphatic carbocycles. The van der Waals surface area contributed by atoms with Gasteiger partial charge in [-0.3, -0.25) is 4.57 Å². The Morgan fingerprint density at radius 3 is 2.62 bits per heavy atom. The summed E-state index contributed by atoms with van der Waals surface area (Å²) in [5, 5.41) is 0.389. The van der Waals surface area contributed by atoms with Gasteiger partial charge in [0.25, 0.3) is 0 Å². The lowest BCUT2D eigenvalue weighted by molar-refractivity contribution is 0.970.